The van der Waals surface area contributed by atoms with Gasteiger partial charge >= 0.3 is 5.97 Å². The quantitative estimate of drug-likeness (QED) is 0.725. The van der Waals surface area contributed by atoms with E-state index in [-0.39, 0.29) is 0 Å². The molecule has 1 heterocycles. The Hall–Kier alpha value is -2.77. The Kier molecular flexibility index (Phi) is 4.60. The zero-order valence-corrected chi connectivity index (χ0v) is 11.4. The molecular weight excluding hydrogens is 274 g/mol. The minimum Gasteiger partial charge on any atom is -0.480 e. The van der Waals surface area contributed by atoms with Gasteiger partial charge in [0.1, 0.15) is 6.04 Å². The summed E-state index contributed by atoms with van der Waals surface area (Å²) in [7, 11) is 0. The Morgan fingerprint density at radius 1 is 1.43 bits per heavy atom. The second kappa shape index (κ2) is 6.60. The molecule has 0 aliphatic carbocycles. The molecule has 1 aromatic heterocycles. The van der Waals surface area contributed by atoms with Gasteiger partial charge in [0.25, 0.3) is 5.91 Å². The number of nitrogens with zero attached hydrogens (tertiary/aromatic N) is 3. The van der Waals surface area contributed by atoms with Crippen molar-refractivity contribution in [2.45, 2.75) is 25.8 Å². The molecule has 2 aromatic rings. The molecule has 2 rings (SSSR count). The summed E-state index contributed by atoms with van der Waals surface area (Å²) in [5.41, 5.74) is 0.971. The summed E-state index contributed by atoms with van der Waals surface area (Å²) in [6, 6.07) is 5.71. The number of aliphatic carboxylic acids is 1. The number of carbonyl (C=O) groups excluding carboxylic acids is 1. The van der Waals surface area contributed by atoms with Gasteiger partial charge in [-0.2, -0.15) is 5.21 Å². The summed E-state index contributed by atoms with van der Waals surface area (Å²) in [6.45, 7) is 1.86. The van der Waals surface area contributed by atoms with Gasteiger partial charge < -0.3 is 10.4 Å². The molecule has 0 aliphatic heterocycles. The highest BCUT2D eigenvalue weighted by atomic mass is 16.4. The molecule has 1 amide bonds. The van der Waals surface area contributed by atoms with Crippen molar-refractivity contribution in [1.29, 1.82) is 0 Å². The normalized spacial score (nSPS) is 11.9. The van der Waals surface area contributed by atoms with E-state index in [9.17, 15) is 9.59 Å². The monoisotopic (exact) mass is 289 g/mol. The first-order valence-corrected chi connectivity index (χ1v) is 6.49. The fourth-order valence-electron chi connectivity index (χ4n) is 1.87. The summed E-state index contributed by atoms with van der Waals surface area (Å²) in [4.78, 5) is 23.2. The maximum absolute atomic E-state index is 12.1. The lowest BCUT2D eigenvalue weighted by molar-refractivity contribution is -0.139. The number of amides is 1. The van der Waals surface area contributed by atoms with E-state index < -0.39 is 17.9 Å². The van der Waals surface area contributed by atoms with Crippen LogP contribution < -0.4 is 5.32 Å². The molecule has 0 saturated heterocycles. The van der Waals surface area contributed by atoms with Crippen molar-refractivity contribution >= 4 is 11.9 Å². The van der Waals surface area contributed by atoms with Crippen molar-refractivity contribution < 1.29 is 14.7 Å². The number of carboxylic acids is 1. The van der Waals surface area contributed by atoms with E-state index in [1.54, 1.807) is 24.3 Å². The molecule has 0 bridgehead atoms. The summed E-state index contributed by atoms with van der Waals surface area (Å²) in [5, 5.41) is 25.0. The molecular formula is C13H15N5O3. The fraction of sp³-hybridized carbons (Fsp3) is 0.308. The third-order valence-electron chi connectivity index (χ3n) is 2.91. The van der Waals surface area contributed by atoms with Crippen molar-refractivity contribution in [1.82, 2.24) is 25.9 Å². The van der Waals surface area contributed by atoms with Crippen LogP contribution in [0.25, 0.3) is 11.4 Å². The molecule has 8 heteroatoms. The molecule has 0 unspecified atom stereocenters. The number of nitrogens with one attached hydrogen (secondary N) is 2. The van der Waals surface area contributed by atoms with Crippen molar-refractivity contribution in [3.8, 4) is 11.4 Å². The Bertz CT molecular complexity index is 626. The second-order valence-corrected chi connectivity index (χ2v) is 4.47. The zero-order chi connectivity index (χ0) is 15.2. The molecule has 0 fully saturated rings. The van der Waals surface area contributed by atoms with Crippen LogP contribution >= 0.6 is 0 Å². The number of hydrogen-bond donors (Lipinski definition) is 3. The molecule has 21 heavy (non-hydrogen) atoms. The number of carbonyl (C=O) groups is 2. The first-order chi connectivity index (χ1) is 10.1. The number of hydrogen-bond acceptors (Lipinski definition) is 5. The Morgan fingerprint density at radius 2 is 2.24 bits per heavy atom. The van der Waals surface area contributed by atoms with Crippen LogP contribution in [-0.2, 0) is 4.79 Å². The van der Waals surface area contributed by atoms with Crippen LogP contribution in [0.5, 0.6) is 0 Å². The predicted octanol–water partition coefficient (Wildman–Crippen LogP) is 0.850. The van der Waals surface area contributed by atoms with Crippen LogP contribution in [-0.4, -0.2) is 43.6 Å². The predicted molar refractivity (Wildman–Crippen MR) is 73.4 cm³/mol. The fourth-order valence-corrected chi connectivity index (χ4v) is 1.87. The highest BCUT2D eigenvalue weighted by Crippen LogP contribution is 2.15. The smallest absolute Gasteiger partial charge is 0.326 e. The maximum atomic E-state index is 12.1. The van der Waals surface area contributed by atoms with Gasteiger partial charge in [0.15, 0.2) is 0 Å². The van der Waals surface area contributed by atoms with E-state index in [2.05, 4.69) is 25.9 Å². The van der Waals surface area contributed by atoms with Crippen molar-refractivity contribution in [3.63, 3.8) is 0 Å². The second-order valence-electron chi connectivity index (χ2n) is 4.47. The van der Waals surface area contributed by atoms with Crippen molar-refractivity contribution in [3.05, 3.63) is 29.8 Å². The first kappa shape index (κ1) is 14.6. The van der Waals surface area contributed by atoms with Crippen LogP contribution in [0.2, 0.25) is 0 Å². The summed E-state index contributed by atoms with van der Waals surface area (Å²) >= 11 is 0. The minimum atomic E-state index is -1.04. The van der Waals surface area contributed by atoms with Gasteiger partial charge in [-0.05, 0) is 23.8 Å². The van der Waals surface area contributed by atoms with E-state index in [0.29, 0.717) is 29.8 Å². The lowest BCUT2D eigenvalue weighted by Crippen LogP contribution is -2.40. The van der Waals surface area contributed by atoms with Gasteiger partial charge in [0.2, 0.25) is 5.82 Å². The van der Waals surface area contributed by atoms with Crippen LogP contribution in [0.3, 0.4) is 0 Å². The van der Waals surface area contributed by atoms with Crippen molar-refractivity contribution in [2.75, 3.05) is 0 Å². The molecule has 110 valence electrons. The number of aromatic amines is 1. The first-order valence-electron chi connectivity index (χ1n) is 6.49. The number of tetrazole rings is 1. The molecule has 3 N–H and O–H groups in total. The van der Waals surface area contributed by atoms with Crippen LogP contribution in [0.4, 0.5) is 0 Å². The third-order valence-corrected chi connectivity index (χ3v) is 2.91. The van der Waals surface area contributed by atoms with Gasteiger partial charge in [0.05, 0.1) is 0 Å². The largest absolute Gasteiger partial charge is 0.480 e. The van der Waals surface area contributed by atoms with Crippen LogP contribution in [0, 0.1) is 0 Å². The SMILES string of the molecule is CCC[C@H](NC(=O)c1cccc(-c2nn[nH]n2)c1)C(=O)O. The van der Waals surface area contributed by atoms with E-state index in [1.807, 2.05) is 6.92 Å². The minimum absolute atomic E-state index is 0.347. The third kappa shape index (κ3) is 3.62. The van der Waals surface area contributed by atoms with Gasteiger partial charge in [-0.15, -0.1) is 10.2 Å². The number of H-pyrrole nitrogens is 1. The average Bonchev–Trinajstić information content (AvgIpc) is 3.01. The summed E-state index contributed by atoms with van der Waals surface area (Å²) in [6.07, 6.45) is 1.05. The molecule has 0 spiro atoms. The molecule has 0 aliphatic rings. The highest BCUT2D eigenvalue weighted by molar-refractivity contribution is 5.97. The molecule has 0 radical (unpaired) electrons. The standard InChI is InChI=1S/C13H15N5O3/c1-2-4-10(13(20)21)14-12(19)9-6-3-5-8(7-9)11-15-17-18-16-11/h3,5-7,10H,2,4H2,1H3,(H,14,19)(H,20,21)(H,15,16,17,18)/t10-/m0/s1. The highest BCUT2D eigenvalue weighted by Gasteiger charge is 2.19. The summed E-state index contributed by atoms with van der Waals surface area (Å²) in [5.74, 6) is -1.12. The molecule has 8 nitrogen and oxygen atoms in total. The van der Waals surface area contributed by atoms with E-state index in [4.69, 9.17) is 5.11 Å². The van der Waals surface area contributed by atoms with Crippen LogP contribution in [0.15, 0.2) is 24.3 Å². The molecule has 0 saturated carbocycles. The van der Waals surface area contributed by atoms with Gasteiger partial charge in [-0.25, -0.2) is 4.79 Å². The van der Waals surface area contributed by atoms with E-state index in [0.717, 1.165) is 0 Å². The lowest BCUT2D eigenvalue weighted by Gasteiger charge is -2.13. The zero-order valence-electron chi connectivity index (χ0n) is 11.4. The van der Waals surface area contributed by atoms with E-state index in [1.165, 1.54) is 0 Å². The lowest BCUT2D eigenvalue weighted by atomic mass is 10.1. The van der Waals surface area contributed by atoms with Gasteiger partial charge in [-0.3, -0.25) is 4.79 Å². The topological polar surface area (TPSA) is 121 Å². The number of benzene rings is 1. The summed E-state index contributed by atoms with van der Waals surface area (Å²) < 4.78 is 0. The number of rotatable bonds is 6. The van der Waals surface area contributed by atoms with Crippen LogP contribution in [0.1, 0.15) is 30.1 Å². The number of carboxylic acid groups (broad SMARTS) is 1. The van der Waals surface area contributed by atoms with E-state index >= 15 is 0 Å². The Balaban J connectivity index is 2.16. The number of aromatic nitrogens is 4. The molecule has 1 atom stereocenters. The van der Waals surface area contributed by atoms with Gasteiger partial charge in [-0.1, -0.05) is 25.5 Å². The average molecular weight is 289 g/mol. The van der Waals surface area contributed by atoms with Gasteiger partial charge in [0, 0.05) is 11.1 Å². The Labute approximate surface area is 120 Å². The molecule has 1 aromatic carbocycles. The Morgan fingerprint density at radius 3 is 2.86 bits per heavy atom. The maximum Gasteiger partial charge on any atom is 0.326 e. The van der Waals surface area contributed by atoms with Crippen molar-refractivity contribution in [2.24, 2.45) is 0 Å².